The van der Waals surface area contributed by atoms with Crippen LogP contribution in [0.4, 0.5) is 8.78 Å². The van der Waals surface area contributed by atoms with E-state index in [4.69, 9.17) is 0 Å². The molecule has 0 aliphatic heterocycles. The molecule has 4 heteroatoms. The van der Waals surface area contributed by atoms with Crippen molar-refractivity contribution in [1.82, 2.24) is 5.32 Å². The lowest BCUT2D eigenvalue weighted by Gasteiger charge is -2.35. The summed E-state index contributed by atoms with van der Waals surface area (Å²) in [6.45, 7) is 2.90. The van der Waals surface area contributed by atoms with E-state index in [2.05, 4.69) is 12.2 Å². The van der Waals surface area contributed by atoms with Crippen LogP contribution in [0.15, 0.2) is 18.2 Å². The molecule has 0 aromatic heterocycles. The maximum Gasteiger partial charge on any atom is 0.130 e. The van der Waals surface area contributed by atoms with Crippen molar-refractivity contribution in [2.24, 2.45) is 5.92 Å². The molecule has 0 amide bonds. The Morgan fingerprint density at radius 3 is 2.89 bits per heavy atom. The Morgan fingerprint density at radius 1 is 1.42 bits per heavy atom. The minimum Gasteiger partial charge on any atom is -0.389 e. The van der Waals surface area contributed by atoms with E-state index >= 15 is 0 Å². The minimum atomic E-state index is -0.686. The SMILES string of the molecule is CC1CCCC(O)(CNCc2ccc(F)cc2F)C1. The van der Waals surface area contributed by atoms with Gasteiger partial charge in [0, 0.05) is 24.7 Å². The fourth-order valence-electron chi connectivity index (χ4n) is 2.89. The molecule has 1 aromatic carbocycles. The van der Waals surface area contributed by atoms with E-state index in [1.165, 1.54) is 12.1 Å². The Balaban J connectivity index is 1.85. The Labute approximate surface area is 112 Å². The van der Waals surface area contributed by atoms with Gasteiger partial charge in [-0.3, -0.25) is 0 Å². The van der Waals surface area contributed by atoms with Gasteiger partial charge in [-0.1, -0.05) is 25.8 Å². The zero-order valence-corrected chi connectivity index (χ0v) is 11.3. The molecule has 1 saturated carbocycles. The lowest BCUT2D eigenvalue weighted by Crippen LogP contribution is -2.43. The van der Waals surface area contributed by atoms with Crippen molar-refractivity contribution in [1.29, 1.82) is 0 Å². The van der Waals surface area contributed by atoms with Crippen molar-refractivity contribution < 1.29 is 13.9 Å². The summed E-state index contributed by atoms with van der Waals surface area (Å²) in [4.78, 5) is 0. The fourth-order valence-corrected chi connectivity index (χ4v) is 2.89. The van der Waals surface area contributed by atoms with Gasteiger partial charge in [0.1, 0.15) is 11.6 Å². The summed E-state index contributed by atoms with van der Waals surface area (Å²) in [6.07, 6.45) is 3.77. The van der Waals surface area contributed by atoms with Crippen LogP contribution in [-0.4, -0.2) is 17.3 Å². The van der Waals surface area contributed by atoms with E-state index in [1.54, 1.807) is 0 Å². The van der Waals surface area contributed by atoms with Crippen molar-refractivity contribution >= 4 is 0 Å². The lowest BCUT2D eigenvalue weighted by molar-refractivity contribution is -0.0119. The molecule has 0 saturated heterocycles. The van der Waals surface area contributed by atoms with Crippen molar-refractivity contribution in [3.8, 4) is 0 Å². The Kier molecular flexibility index (Phi) is 4.53. The molecule has 1 fully saturated rings. The topological polar surface area (TPSA) is 32.3 Å². The van der Waals surface area contributed by atoms with Gasteiger partial charge in [-0.15, -0.1) is 0 Å². The van der Waals surface area contributed by atoms with Crippen LogP contribution in [0.25, 0.3) is 0 Å². The Hall–Kier alpha value is -1.00. The van der Waals surface area contributed by atoms with E-state index in [0.717, 1.165) is 31.7 Å². The first-order chi connectivity index (χ1) is 8.98. The molecule has 2 unspecified atom stereocenters. The maximum atomic E-state index is 13.4. The van der Waals surface area contributed by atoms with Gasteiger partial charge >= 0.3 is 0 Å². The van der Waals surface area contributed by atoms with Crippen molar-refractivity contribution in [3.05, 3.63) is 35.4 Å². The average molecular weight is 269 g/mol. The van der Waals surface area contributed by atoms with Crippen LogP contribution >= 0.6 is 0 Å². The van der Waals surface area contributed by atoms with Gasteiger partial charge in [0.15, 0.2) is 0 Å². The quantitative estimate of drug-likeness (QED) is 0.880. The predicted octanol–water partition coefficient (Wildman–Crippen LogP) is 3.00. The summed E-state index contributed by atoms with van der Waals surface area (Å²) in [5.41, 5.74) is -0.261. The number of halogens is 2. The maximum absolute atomic E-state index is 13.4. The first-order valence-electron chi connectivity index (χ1n) is 6.85. The summed E-state index contributed by atoms with van der Waals surface area (Å²) in [7, 11) is 0. The summed E-state index contributed by atoms with van der Waals surface area (Å²) >= 11 is 0. The molecule has 2 nitrogen and oxygen atoms in total. The highest BCUT2D eigenvalue weighted by Crippen LogP contribution is 2.31. The third-order valence-corrected chi connectivity index (χ3v) is 3.85. The number of rotatable bonds is 4. The average Bonchev–Trinajstić information content (AvgIpc) is 2.31. The molecule has 2 rings (SSSR count). The highest BCUT2D eigenvalue weighted by Gasteiger charge is 2.32. The highest BCUT2D eigenvalue weighted by atomic mass is 19.1. The molecule has 0 spiro atoms. The second kappa shape index (κ2) is 5.97. The third-order valence-electron chi connectivity index (χ3n) is 3.85. The number of hydrogen-bond donors (Lipinski definition) is 2. The largest absolute Gasteiger partial charge is 0.389 e. The van der Waals surface area contributed by atoms with Gasteiger partial charge in [-0.2, -0.15) is 0 Å². The van der Waals surface area contributed by atoms with Gasteiger partial charge in [0.25, 0.3) is 0 Å². The minimum absolute atomic E-state index is 0.308. The second-order valence-corrected chi connectivity index (χ2v) is 5.77. The summed E-state index contributed by atoms with van der Waals surface area (Å²) in [5, 5.41) is 13.5. The van der Waals surface area contributed by atoms with Gasteiger partial charge in [0.2, 0.25) is 0 Å². The standard InChI is InChI=1S/C15H21F2NO/c1-11-3-2-6-15(19,8-11)10-18-9-12-4-5-13(16)7-14(12)17/h4-5,7,11,18-19H,2-3,6,8-10H2,1H3. The van der Waals surface area contributed by atoms with Gasteiger partial charge in [-0.05, 0) is 24.8 Å². The van der Waals surface area contributed by atoms with Crippen LogP contribution in [0.2, 0.25) is 0 Å². The smallest absolute Gasteiger partial charge is 0.130 e. The molecule has 0 heterocycles. The van der Waals surface area contributed by atoms with Crippen LogP contribution in [-0.2, 0) is 6.54 Å². The highest BCUT2D eigenvalue weighted by molar-refractivity contribution is 5.18. The molecule has 1 aliphatic rings. The summed E-state index contributed by atoms with van der Waals surface area (Å²) < 4.78 is 26.2. The summed E-state index contributed by atoms with van der Waals surface area (Å²) in [5.74, 6) is -0.583. The zero-order valence-electron chi connectivity index (χ0n) is 11.3. The number of hydrogen-bond acceptors (Lipinski definition) is 2. The molecule has 0 radical (unpaired) electrons. The van der Waals surface area contributed by atoms with Crippen LogP contribution < -0.4 is 5.32 Å². The van der Waals surface area contributed by atoms with Crippen LogP contribution in [0, 0.1) is 17.6 Å². The normalized spacial score (nSPS) is 27.5. The summed E-state index contributed by atoms with van der Waals surface area (Å²) in [6, 6.07) is 3.57. The van der Waals surface area contributed by atoms with Gasteiger partial charge < -0.3 is 10.4 Å². The molecule has 106 valence electrons. The first kappa shape index (κ1) is 14.4. The Morgan fingerprint density at radius 2 is 2.21 bits per heavy atom. The molecular weight excluding hydrogens is 248 g/mol. The van der Waals surface area contributed by atoms with E-state index in [-0.39, 0.29) is 0 Å². The molecule has 0 bridgehead atoms. The first-order valence-corrected chi connectivity index (χ1v) is 6.85. The van der Waals surface area contributed by atoms with E-state index in [1.807, 2.05) is 0 Å². The molecule has 2 N–H and O–H groups in total. The lowest BCUT2D eigenvalue weighted by atomic mass is 9.79. The zero-order chi connectivity index (χ0) is 13.9. The number of nitrogens with one attached hydrogen (secondary N) is 1. The van der Waals surface area contributed by atoms with Crippen LogP contribution in [0.5, 0.6) is 0 Å². The van der Waals surface area contributed by atoms with Crippen molar-refractivity contribution in [2.75, 3.05) is 6.54 Å². The number of aliphatic hydroxyl groups is 1. The second-order valence-electron chi connectivity index (χ2n) is 5.77. The van der Waals surface area contributed by atoms with E-state index in [0.29, 0.717) is 24.6 Å². The molecule has 2 atom stereocenters. The number of benzene rings is 1. The molecule has 1 aliphatic carbocycles. The predicted molar refractivity (Wildman–Crippen MR) is 70.6 cm³/mol. The van der Waals surface area contributed by atoms with E-state index in [9.17, 15) is 13.9 Å². The van der Waals surface area contributed by atoms with Crippen LogP contribution in [0.3, 0.4) is 0 Å². The monoisotopic (exact) mass is 269 g/mol. The third kappa shape index (κ3) is 3.98. The van der Waals surface area contributed by atoms with Crippen LogP contribution in [0.1, 0.15) is 38.2 Å². The van der Waals surface area contributed by atoms with Crippen molar-refractivity contribution in [2.45, 2.75) is 44.8 Å². The molecular formula is C15H21F2NO. The Bertz CT molecular complexity index is 438. The van der Waals surface area contributed by atoms with Crippen molar-refractivity contribution in [3.63, 3.8) is 0 Å². The molecule has 1 aromatic rings. The van der Waals surface area contributed by atoms with E-state index < -0.39 is 17.2 Å². The van der Waals surface area contributed by atoms with Gasteiger partial charge in [0.05, 0.1) is 5.60 Å². The fraction of sp³-hybridized carbons (Fsp3) is 0.600. The molecule has 19 heavy (non-hydrogen) atoms. The van der Waals surface area contributed by atoms with Gasteiger partial charge in [-0.25, -0.2) is 8.78 Å².